The molecule has 0 N–H and O–H groups in total. The normalized spacial score (nSPS) is 12.4. The number of aryl methyl sites for hydroxylation is 2. The van der Waals surface area contributed by atoms with E-state index in [1.807, 2.05) is 17.7 Å². The smallest absolute Gasteiger partial charge is 0.224 e. The molecule has 0 radical (unpaired) electrons. The number of hydrogen-bond acceptors (Lipinski definition) is 0. The van der Waals surface area contributed by atoms with Gasteiger partial charge in [0.05, 0.1) is 27.3 Å². The number of benzene rings is 3. The van der Waals surface area contributed by atoms with Gasteiger partial charge in [-0.15, -0.1) is 0 Å². The third kappa shape index (κ3) is 1.46. The highest BCUT2D eigenvalue weighted by atomic mass is 19.1. The maximum absolute atomic E-state index is 14.8. The van der Waals surface area contributed by atoms with Crippen LogP contribution in [0.5, 0.6) is 0 Å². The summed E-state index contributed by atoms with van der Waals surface area (Å²) < 4.78 is 19.1. The van der Waals surface area contributed by atoms with Crippen molar-refractivity contribution in [2.45, 2.75) is 6.92 Å². The first-order valence-electron chi connectivity index (χ1n) is 8.81. The van der Waals surface area contributed by atoms with E-state index in [0.29, 0.717) is 5.39 Å². The van der Waals surface area contributed by atoms with Crippen LogP contribution in [0.3, 0.4) is 0 Å². The van der Waals surface area contributed by atoms with Crippen molar-refractivity contribution in [3.05, 3.63) is 72.2 Å². The lowest BCUT2D eigenvalue weighted by Crippen LogP contribution is -2.30. The number of aromatic nitrogens is 2. The van der Waals surface area contributed by atoms with Gasteiger partial charge in [-0.25, -0.2) is 0 Å². The fourth-order valence-electron chi connectivity index (χ4n) is 4.68. The van der Waals surface area contributed by atoms with E-state index in [4.69, 9.17) is 0 Å². The molecule has 0 saturated heterocycles. The van der Waals surface area contributed by atoms with Gasteiger partial charge in [0.25, 0.3) is 0 Å². The first-order valence-corrected chi connectivity index (χ1v) is 8.81. The summed E-state index contributed by atoms with van der Waals surface area (Å²) in [5.41, 5.74) is 5.73. The van der Waals surface area contributed by atoms with E-state index in [1.165, 1.54) is 32.8 Å². The van der Waals surface area contributed by atoms with Crippen molar-refractivity contribution in [3.8, 4) is 0 Å². The highest BCUT2D eigenvalue weighted by Crippen LogP contribution is 2.41. The zero-order chi connectivity index (χ0) is 17.6. The van der Waals surface area contributed by atoms with Gasteiger partial charge in [-0.3, -0.25) is 0 Å². The molecule has 0 unspecified atom stereocenters. The molecule has 0 spiro atoms. The minimum absolute atomic E-state index is 0.179. The van der Waals surface area contributed by atoms with Crippen LogP contribution in [0.1, 0.15) is 5.56 Å². The number of halogens is 1. The Morgan fingerprint density at radius 1 is 0.808 bits per heavy atom. The Balaban J connectivity index is 2.18. The summed E-state index contributed by atoms with van der Waals surface area (Å²) in [7, 11) is 1.94. The topological polar surface area (TPSA) is 8.29 Å². The van der Waals surface area contributed by atoms with Crippen molar-refractivity contribution in [3.63, 3.8) is 0 Å². The molecule has 6 aromatic rings. The molecule has 0 atom stereocenters. The minimum Gasteiger partial charge on any atom is -0.307 e. The molecule has 0 aliphatic heterocycles. The monoisotopic (exact) mass is 339 g/mol. The molecular weight excluding hydrogens is 323 g/mol. The average Bonchev–Trinajstić information content (AvgIpc) is 2.98. The molecule has 0 saturated carbocycles. The fraction of sp³-hybridized carbons (Fsp3) is 0.0870. The van der Waals surface area contributed by atoms with Gasteiger partial charge in [-0.05, 0) is 24.6 Å². The van der Waals surface area contributed by atoms with Crippen LogP contribution in [0.4, 0.5) is 4.39 Å². The molecule has 0 bridgehead atoms. The lowest BCUT2D eigenvalue weighted by molar-refractivity contribution is -0.645. The van der Waals surface area contributed by atoms with Crippen LogP contribution in [0, 0.1) is 12.7 Å². The van der Waals surface area contributed by atoms with Gasteiger partial charge < -0.3 is 4.40 Å². The number of hydrogen-bond donors (Lipinski definition) is 0. The van der Waals surface area contributed by atoms with E-state index in [9.17, 15) is 4.39 Å². The van der Waals surface area contributed by atoms with Gasteiger partial charge in [0.15, 0.2) is 5.82 Å². The predicted octanol–water partition coefficient (Wildman–Crippen LogP) is 5.26. The fourth-order valence-corrected chi connectivity index (χ4v) is 4.68. The van der Waals surface area contributed by atoms with Gasteiger partial charge in [-0.2, -0.15) is 8.96 Å². The Labute approximate surface area is 149 Å². The van der Waals surface area contributed by atoms with Gasteiger partial charge in [0.2, 0.25) is 11.7 Å². The van der Waals surface area contributed by atoms with Crippen molar-refractivity contribution in [2.24, 2.45) is 7.05 Å². The number of rotatable bonds is 0. The first kappa shape index (κ1) is 14.0. The quantitative estimate of drug-likeness (QED) is 0.203. The molecule has 0 aliphatic carbocycles. The Morgan fingerprint density at radius 3 is 2.46 bits per heavy atom. The summed E-state index contributed by atoms with van der Waals surface area (Å²) in [5.74, 6) is -0.179. The van der Waals surface area contributed by atoms with Crippen LogP contribution in [-0.2, 0) is 7.05 Å². The van der Waals surface area contributed by atoms with Crippen LogP contribution in [0.15, 0.2) is 60.8 Å². The predicted molar refractivity (Wildman–Crippen MR) is 104 cm³/mol. The van der Waals surface area contributed by atoms with Crippen LogP contribution >= 0.6 is 0 Å². The first-order chi connectivity index (χ1) is 12.7. The molecule has 3 aromatic carbocycles. The number of pyridine rings is 2. The zero-order valence-electron chi connectivity index (χ0n) is 14.5. The van der Waals surface area contributed by atoms with Crippen LogP contribution < -0.4 is 4.57 Å². The molecule has 0 amide bonds. The van der Waals surface area contributed by atoms with Crippen LogP contribution in [0.25, 0.3) is 49.0 Å². The third-order valence-electron chi connectivity index (χ3n) is 5.72. The van der Waals surface area contributed by atoms with Crippen molar-refractivity contribution in [1.82, 2.24) is 4.40 Å². The number of fused-ring (bicyclic) bond motifs is 6. The minimum atomic E-state index is -0.179. The van der Waals surface area contributed by atoms with E-state index in [-0.39, 0.29) is 5.82 Å². The molecule has 2 nitrogen and oxygen atoms in total. The molecule has 0 fully saturated rings. The number of para-hydroxylation sites is 1. The van der Waals surface area contributed by atoms with Gasteiger partial charge >= 0.3 is 0 Å². The second kappa shape index (κ2) is 4.50. The molecule has 3 heteroatoms. The molecule has 3 aromatic heterocycles. The standard InChI is InChI=1S/C23H16FN2/c1-13-6-5-9-19-20(13)23-21-16(17(24)12-25(23)2)11-10-15-14-7-3-4-8-18(14)26(19)22(15)21/h3-12H,1-2H3/q+1. The lowest BCUT2D eigenvalue weighted by atomic mass is 10.00. The van der Waals surface area contributed by atoms with Crippen molar-refractivity contribution in [1.29, 1.82) is 0 Å². The van der Waals surface area contributed by atoms with Crippen LogP contribution in [-0.4, -0.2) is 4.40 Å². The number of nitrogens with zero attached hydrogens (tertiary/aromatic N) is 2. The maximum atomic E-state index is 14.8. The van der Waals surface area contributed by atoms with E-state index < -0.39 is 0 Å². The van der Waals surface area contributed by atoms with Gasteiger partial charge in [-0.1, -0.05) is 42.5 Å². The SMILES string of the molecule is Cc1cccc2c1c1c3c(ccc4c5ccccc5n2c43)c(F)c[n+]1C. The van der Waals surface area contributed by atoms with Crippen molar-refractivity contribution >= 4 is 49.0 Å². The van der Waals surface area contributed by atoms with Crippen LogP contribution in [0.2, 0.25) is 0 Å². The average molecular weight is 339 g/mol. The molecule has 0 aliphatic rings. The Morgan fingerprint density at radius 2 is 1.58 bits per heavy atom. The van der Waals surface area contributed by atoms with Crippen molar-refractivity contribution < 1.29 is 8.96 Å². The van der Waals surface area contributed by atoms with Gasteiger partial charge in [0, 0.05) is 16.2 Å². The molecule has 26 heavy (non-hydrogen) atoms. The lowest BCUT2D eigenvalue weighted by Gasteiger charge is -2.12. The van der Waals surface area contributed by atoms with E-state index in [0.717, 1.165) is 16.4 Å². The van der Waals surface area contributed by atoms with E-state index in [1.54, 1.807) is 6.20 Å². The largest absolute Gasteiger partial charge is 0.307 e. The Hall–Kier alpha value is -3.20. The summed E-state index contributed by atoms with van der Waals surface area (Å²) in [5, 5.41) is 5.25. The highest BCUT2D eigenvalue weighted by Gasteiger charge is 2.25. The highest BCUT2D eigenvalue weighted by molar-refractivity contribution is 6.27. The second-order valence-corrected chi connectivity index (χ2v) is 7.14. The van der Waals surface area contributed by atoms with Crippen molar-refractivity contribution in [2.75, 3.05) is 0 Å². The summed E-state index contributed by atoms with van der Waals surface area (Å²) in [6.45, 7) is 2.13. The van der Waals surface area contributed by atoms with E-state index >= 15 is 0 Å². The zero-order valence-corrected chi connectivity index (χ0v) is 14.5. The summed E-state index contributed by atoms with van der Waals surface area (Å²) in [6, 6.07) is 18.8. The third-order valence-corrected chi connectivity index (χ3v) is 5.72. The molecule has 6 rings (SSSR count). The molecular formula is C23H16FN2+. The Bertz CT molecular complexity index is 1510. The van der Waals surface area contributed by atoms with E-state index in [2.05, 4.69) is 59.9 Å². The summed E-state index contributed by atoms with van der Waals surface area (Å²) in [6.07, 6.45) is 1.60. The maximum Gasteiger partial charge on any atom is 0.224 e. The second-order valence-electron chi connectivity index (χ2n) is 7.14. The molecule has 124 valence electrons. The Kier molecular flexibility index (Phi) is 2.42. The van der Waals surface area contributed by atoms with Gasteiger partial charge in [0.1, 0.15) is 7.05 Å². The summed E-state index contributed by atoms with van der Waals surface area (Å²) in [4.78, 5) is 0. The molecule has 3 heterocycles. The summed E-state index contributed by atoms with van der Waals surface area (Å²) >= 11 is 0.